The minimum absolute atomic E-state index is 1.62. The molecule has 2 nitrogen and oxygen atoms in total. The monoisotopic (exact) mass is 202 g/mol. The molecule has 0 amide bonds. The van der Waals surface area contributed by atoms with E-state index in [9.17, 15) is 0 Å². The fraction of sp³-hybridized carbons (Fsp3) is 0. The molecule has 2 rings (SSSR count). The first-order chi connectivity index (χ1) is 6.00. The van der Waals surface area contributed by atoms with Crippen molar-refractivity contribution in [3.63, 3.8) is 0 Å². The highest BCUT2D eigenvalue weighted by Crippen LogP contribution is 1.80. The van der Waals surface area contributed by atoms with E-state index in [1.54, 1.807) is 25.1 Å². The van der Waals surface area contributed by atoms with Gasteiger partial charge >= 0.3 is 0 Å². The predicted molar refractivity (Wildman–Crippen MR) is 55.4 cm³/mol. The van der Waals surface area contributed by atoms with E-state index < -0.39 is 0 Å². The molecule has 0 aliphatic rings. The topological polar surface area (TPSA) is 26.3 Å². The van der Waals surface area contributed by atoms with Crippen molar-refractivity contribution in [2.45, 2.75) is 0 Å². The summed E-state index contributed by atoms with van der Waals surface area (Å²) in [5.41, 5.74) is 0. The van der Waals surface area contributed by atoms with E-state index in [1.165, 1.54) is 0 Å². The van der Waals surface area contributed by atoms with Gasteiger partial charge in [-0.05, 0) is 24.3 Å². The van der Waals surface area contributed by atoms with Crippen molar-refractivity contribution in [3.8, 4) is 0 Å². The molecule has 0 bridgehead atoms. The van der Waals surface area contributed by atoms with Gasteiger partial charge in [-0.3, -0.25) is 0 Å². The maximum Gasteiger partial charge on any atom is 0.0902 e. The van der Waals surface area contributed by atoms with Crippen LogP contribution < -0.4 is 0 Å². The Balaban J connectivity index is 0.000000168. The lowest BCUT2D eigenvalue weighted by molar-refractivity contribution is 0.567. The number of furan rings is 2. The molecular formula is C8H10O2S2. The van der Waals surface area contributed by atoms with Crippen molar-refractivity contribution >= 4 is 23.3 Å². The molecule has 0 aliphatic heterocycles. The summed E-state index contributed by atoms with van der Waals surface area (Å²) in [7, 11) is 0. The summed E-state index contributed by atoms with van der Waals surface area (Å²) in [4.78, 5) is 0. The van der Waals surface area contributed by atoms with Gasteiger partial charge in [0.25, 0.3) is 0 Å². The Morgan fingerprint density at radius 1 is 0.583 bits per heavy atom. The van der Waals surface area contributed by atoms with Crippen LogP contribution in [0.1, 0.15) is 0 Å². The third-order valence-corrected chi connectivity index (χ3v) is 0.851. The standard InChI is InChI=1S/2C4H4O.H2S2/c2*1-2-4-5-3-1;1-2/h2*1-4H;1-2H. The van der Waals surface area contributed by atoms with E-state index in [2.05, 4.69) is 32.2 Å². The summed E-state index contributed by atoms with van der Waals surface area (Å²) < 4.78 is 9.17. The van der Waals surface area contributed by atoms with Gasteiger partial charge in [0.05, 0.1) is 25.1 Å². The summed E-state index contributed by atoms with van der Waals surface area (Å²) in [5, 5.41) is 0. The van der Waals surface area contributed by atoms with Gasteiger partial charge in [-0.25, -0.2) is 0 Å². The minimum Gasteiger partial charge on any atom is -0.473 e. The molecule has 12 heavy (non-hydrogen) atoms. The van der Waals surface area contributed by atoms with Gasteiger partial charge in [0, 0.05) is 0 Å². The molecule has 2 aromatic rings. The Labute approximate surface area is 81.8 Å². The largest absolute Gasteiger partial charge is 0.473 e. The van der Waals surface area contributed by atoms with Crippen molar-refractivity contribution < 1.29 is 8.83 Å². The van der Waals surface area contributed by atoms with Gasteiger partial charge in [0.15, 0.2) is 0 Å². The van der Waals surface area contributed by atoms with Crippen molar-refractivity contribution in [3.05, 3.63) is 49.3 Å². The molecule has 0 saturated heterocycles. The lowest BCUT2D eigenvalue weighted by atomic mass is 10.7. The molecule has 66 valence electrons. The van der Waals surface area contributed by atoms with E-state index >= 15 is 0 Å². The molecule has 0 aliphatic carbocycles. The van der Waals surface area contributed by atoms with Crippen LogP contribution in [0.5, 0.6) is 0 Å². The van der Waals surface area contributed by atoms with Crippen LogP contribution >= 0.6 is 23.3 Å². The van der Waals surface area contributed by atoms with E-state index in [0.717, 1.165) is 0 Å². The molecule has 2 aromatic heterocycles. The van der Waals surface area contributed by atoms with Gasteiger partial charge in [-0.2, -0.15) is 0 Å². The Morgan fingerprint density at radius 3 is 0.917 bits per heavy atom. The molecule has 0 fully saturated rings. The first-order valence-electron chi connectivity index (χ1n) is 3.14. The zero-order valence-electron chi connectivity index (χ0n) is 6.33. The summed E-state index contributed by atoms with van der Waals surface area (Å²) in [5.74, 6) is 0. The zero-order chi connectivity index (χ0) is 9.07. The van der Waals surface area contributed by atoms with Gasteiger partial charge in [0.2, 0.25) is 0 Å². The Morgan fingerprint density at radius 2 is 0.833 bits per heavy atom. The van der Waals surface area contributed by atoms with Crippen molar-refractivity contribution in [2.75, 3.05) is 0 Å². The molecule has 0 atom stereocenters. The van der Waals surface area contributed by atoms with E-state index in [-0.39, 0.29) is 0 Å². The zero-order valence-corrected chi connectivity index (χ0v) is 8.12. The lowest BCUT2D eigenvalue weighted by Crippen LogP contribution is -1.16. The van der Waals surface area contributed by atoms with Crippen LogP contribution in [-0.2, 0) is 0 Å². The van der Waals surface area contributed by atoms with Crippen molar-refractivity contribution in [2.24, 2.45) is 0 Å². The van der Waals surface area contributed by atoms with Gasteiger partial charge < -0.3 is 8.83 Å². The van der Waals surface area contributed by atoms with Crippen LogP contribution in [-0.4, -0.2) is 0 Å². The second-order valence-corrected chi connectivity index (χ2v) is 1.59. The third kappa shape index (κ3) is 7.37. The van der Waals surface area contributed by atoms with Crippen LogP contribution in [0.2, 0.25) is 0 Å². The molecule has 0 N–H and O–H groups in total. The SMILES string of the molecule is SS.c1ccoc1.c1ccoc1. The van der Waals surface area contributed by atoms with Crippen LogP contribution in [0, 0.1) is 0 Å². The Kier molecular flexibility index (Phi) is 9.63. The fourth-order valence-electron chi connectivity index (χ4n) is 0.454. The molecule has 0 radical (unpaired) electrons. The lowest BCUT2D eigenvalue weighted by Gasteiger charge is -1.50. The summed E-state index contributed by atoms with van der Waals surface area (Å²) >= 11 is 6.44. The number of hydrogen-bond donors (Lipinski definition) is 2. The quantitative estimate of drug-likeness (QED) is 0.506. The molecular weight excluding hydrogens is 192 g/mol. The van der Waals surface area contributed by atoms with Crippen LogP contribution in [0.4, 0.5) is 0 Å². The summed E-state index contributed by atoms with van der Waals surface area (Å²) in [6.45, 7) is 0. The normalized spacial score (nSPS) is 7.17. The van der Waals surface area contributed by atoms with Crippen LogP contribution in [0.3, 0.4) is 0 Å². The van der Waals surface area contributed by atoms with Gasteiger partial charge in [-0.1, -0.05) is 0 Å². The number of thiol groups is 2. The predicted octanol–water partition coefficient (Wildman–Crippen LogP) is 3.32. The fourth-order valence-corrected chi connectivity index (χ4v) is 0.454. The smallest absolute Gasteiger partial charge is 0.0902 e. The maximum atomic E-state index is 4.58. The average molecular weight is 202 g/mol. The van der Waals surface area contributed by atoms with Crippen LogP contribution in [0.25, 0.3) is 0 Å². The van der Waals surface area contributed by atoms with Gasteiger partial charge in [0.1, 0.15) is 0 Å². The van der Waals surface area contributed by atoms with E-state index in [1.807, 2.05) is 24.3 Å². The third-order valence-electron chi connectivity index (χ3n) is 0.851. The first-order valence-corrected chi connectivity index (χ1v) is 4.74. The summed E-state index contributed by atoms with van der Waals surface area (Å²) in [6.07, 6.45) is 6.50. The van der Waals surface area contributed by atoms with E-state index in [0.29, 0.717) is 0 Å². The molecule has 0 unspecified atom stereocenters. The first kappa shape index (κ1) is 11.3. The van der Waals surface area contributed by atoms with Gasteiger partial charge in [-0.15, -0.1) is 23.3 Å². The highest BCUT2D eigenvalue weighted by atomic mass is 33.1. The van der Waals surface area contributed by atoms with E-state index in [4.69, 9.17) is 0 Å². The number of hydrogen-bond acceptors (Lipinski definition) is 4. The Hall–Kier alpha value is -0.740. The average Bonchev–Trinajstić information content (AvgIpc) is 2.87. The number of rotatable bonds is 0. The Bertz CT molecular complexity index is 154. The maximum absolute atomic E-state index is 4.58. The molecule has 0 spiro atoms. The summed E-state index contributed by atoms with van der Waals surface area (Å²) in [6, 6.07) is 7.33. The molecule has 2 heterocycles. The molecule has 0 saturated carbocycles. The molecule has 0 aromatic carbocycles. The minimum atomic E-state index is 1.62. The highest BCUT2D eigenvalue weighted by molar-refractivity contribution is 8.59. The highest BCUT2D eigenvalue weighted by Gasteiger charge is 1.59. The van der Waals surface area contributed by atoms with Crippen molar-refractivity contribution in [1.82, 2.24) is 0 Å². The second-order valence-electron chi connectivity index (χ2n) is 1.59. The molecule has 4 heteroatoms. The van der Waals surface area contributed by atoms with Crippen molar-refractivity contribution in [1.29, 1.82) is 0 Å². The second kappa shape index (κ2) is 10.3. The van der Waals surface area contributed by atoms with Crippen LogP contribution in [0.15, 0.2) is 58.2 Å².